The van der Waals surface area contributed by atoms with Gasteiger partial charge in [0.2, 0.25) is 0 Å². The van der Waals surface area contributed by atoms with Crippen LogP contribution in [-0.2, 0) is 0 Å². The Balaban J connectivity index is 1.67. The molecule has 0 atom stereocenters. The Morgan fingerprint density at radius 3 is 1.95 bits per heavy atom. The fourth-order valence-corrected chi connectivity index (χ4v) is 2.19. The van der Waals surface area contributed by atoms with Crippen molar-refractivity contribution in [2.24, 2.45) is 4.99 Å². The van der Waals surface area contributed by atoms with E-state index in [0.717, 1.165) is 27.2 Å². The second-order valence-electron chi connectivity index (χ2n) is 4.72. The Bertz CT molecular complexity index is 750. The SMILES string of the molecule is Brc1ccc(Oc2ccc(N=Cc3ccccc3)cc2)cc1. The molecular formula is C19H14BrNO. The van der Waals surface area contributed by atoms with Crippen molar-refractivity contribution in [3.05, 3.63) is 88.9 Å². The highest BCUT2D eigenvalue weighted by molar-refractivity contribution is 9.10. The van der Waals surface area contributed by atoms with Gasteiger partial charge < -0.3 is 4.74 Å². The maximum Gasteiger partial charge on any atom is 0.127 e. The van der Waals surface area contributed by atoms with Crippen LogP contribution < -0.4 is 4.74 Å². The zero-order chi connectivity index (χ0) is 15.2. The predicted octanol–water partition coefficient (Wildman–Crippen LogP) is 5.99. The summed E-state index contributed by atoms with van der Waals surface area (Å²) >= 11 is 3.41. The molecule has 0 saturated heterocycles. The predicted molar refractivity (Wildman–Crippen MR) is 94.4 cm³/mol. The van der Waals surface area contributed by atoms with Crippen LogP contribution in [0, 0.1) is 0 Å². The maximum atomic E-state index is 5.78. The van der Waals surface area contributed by atoms with Crippen molar-refractivity contribution < 1.29 is 4.74 Å². The van der Waals surface area contributed by atoms with E-state index in [2.05, 4.69) is 20.9 Å². The number of aliphatic imine (C=N–C) groups is 1. The second-order valence-corrected chi connectivity index (χ2v) is 5.63. The van der Waals surface area contributed by atoms with E-state index in [0.29, 0.717) is 0 Å². The minimum Gasteiger partial charge on any atom is -0.457 e. The molecule has 0 aliphatic rings. The van der Waals surface area contributed by atoms with Gasteiger partial charge in [-0.1, -0.05) is 46.3 Å². The number of hydrogen-bond acceptors (Lipinski definition) is 2. The van der Waals surface area contributed by atoms with E-state index >= 15 is 0 Å². The lowest BCUT2D eigenvalue weighted by atomic mass is 10.2. The molecule has 0 bridgehead atoms. The molecule has 0 spiro atoms. The number of rotatable bonds is 4. The molecular weight excluding hydrogens is 338 g/mol. The highest BCUT2D eigenvalue weighted by Gasteiger charge is 1.97. The van der Waals surface area contributed by atoms with Gasteiger partial charge in [-0.15, -0.1) is 0 Å². The minimum atomic E-state index is 0.793. The van der Waals surface area contributed by atoms with E-state index in [-0.39, 0.29) is 0 Å². The fraction of sp³-hybridized carbons (Fsp3) is 0. The molecule has 0 aliphatic carbocycles. The van der Waals surface area contributed by atoms with Crippen LogP contribution in [0.3, 0.4) is 0 Å². The molecule has 0 radical (unpaired) electrons. The molecule has 0 heterocycles. The Kier molecular flexibility index (Phi) is 4.66. The summed E-state index contributed by atoms with van der Waals surface area (Å²) in [6.45, 7) is 0. The van der Waals surface area contributed by atoms with E-state index in [1.165, 1.54) is 0 Å². The Morgan fingerprint density at radius 1 is 0.727 bits per heavy atom. The standard InChI is InChI=1S/C19H14BrNO/c20-16-6-10-18(11-7-16)22-19-12-8-17(9-13-19)21-14-15-4-2-1-3-5-15/h1-14H. The first kappa shape index (κ1) is 14.5. The summed E-state index contributed by atoms with van der Waals surface area (Å²) < 4.78 is 6.81. The summed E-state index contributed by atoms with van der Waals surface area (Å²) in [5.41, 5.74) is 1.98. The third kappa shape index (κ3) is 4.06. The first-order valence-corrected chi connectivity index (χ1v) is 7.71. The average molecular weight is 352 g/mol. The molecule has 3 heteroatoms. The molecule has 0 aliphatic heterocycles. The monoisotopic (exact) mass is 351 g/mol. The lowest BCUT2D eigenvalue weighted by Gasteiger charge is -2.05. The van der Waals surface area contributed by atoms with Gasteiger partial charge in [0.05, 0.1) is 5.69 Å². The van der Waals surface area contributed by atoms with Gasteiger partial charge in [-0.2, -0.15) is 0 Å². The maximum absolute atomic E-state index is 5.78. The molecule has 3 aromatic carbocycles. The summed E-state index contributed by atoms with van der Waals surface area (Å²) in [5, 5.41) is 0. The number of benzene rings is 3. The zero-order valence-electron chi connectivity index (χ0n) is 11.8. The van der Waals surface area contributed by atoms with Crippen LogP contribution in [0.5, 0.6) is 11.5 Å². The molecule has 3 rings (SSSR count). The quantitative estimate of drug-likeness (QED) is 0.528. The molecule has 3 aromatic rings. The summed E-state index contributed by atoms with van der Waals surface area (Å²) in [6.07, 6.45) is 1.85. The van der Waals surface area contributed by atoms with Gasteiger partial charge >= 0.3 is 0 Å². The van der Waals surface area contributed by atoms with Crippen molar-refractivity contribution in [2.45, 2.75) is 0 Å². The van der Waals surface area contributed by atoms with E-state index in [9.17, 15) is 0 Å². The van der Waals surface area contributed by atoms with Crippen LogP contribution in [0.4, 0.5) is 5.69 Å². The van der Waals surface area contributed by atoms with E-state index in [1.54, 1.807) is 0 Å². The largest absolute Gasteiger partial charge is 0.457 e. The topological polar surface area (TPSA) is 21.6 Å². The lowest BCUT2D eigenvalue weighted by molar-refractivity contribution is 0.482. The van der Waals surface area contributed by atoms with Gasteiger partial charge in [-0.3, -0.25) is 4.99 Å². The van der Waals surface area contributed by atoms with Crippen LogP contribution in [-0.4, -0.2) is 6.21 Å². The fourth-order valence-electron chi connectivity index (χ4n) is 1.93. The highest BCUT2D eigenvalue weighted by Crippen LogP contribution is 2.25. The van der Waals surface area contributed by atoms with Crippen LogP contribution in [0.2, 0.25) is 0 Å². The van der Waals surface area contributed by atoms with Crippen LogP contribution >= 0.6 is 15.9 Å². The van der Waals surface area contributed by atoms with E-state index in [1.807, 2.05) is 85.1 Å². The number of nitrogens with zero attached hydrogens (tertiary/aromatic N) is 1. The zero-order valence-corrected chi connectivity index (χ0v) is 13.4. The van der Waals surface area contributed by atoms with Crippen molar-refractivity contribution in [3.8, 4) is 11.5 Å². The summed E-state index contributed by atoms with van der Waals surface area (Å²) in [5.74, 6) is 1.60. The first-order valence-electron chi connectivity index (χ1n) is 6.92. The summed E-state index contributed by atoms with van der Waals surface area (Å²) in [6, 6.07) is 25.5. The molecule has 2 nitrogen and oxygen atoms in total. The van der Waals surface area contributed by atoms with Gasteiger partial charge in [0.15, 0.2) is 0 Å². The molecule has 108 valence electrons. The van der Waals surface area contributed by atoms with Crippen molar-refractivity contribution >= 4 is 27.8 Å². The lowest BCUT2D eigenvalue weighted by Crippen LogP contribution is -1.83. The van der Waals surface area contributed by atoms with Crippen molar-refractivity contribution in [1.29, 1.82) is 0 Å². The average Bonchev–Trinajstić information content (AvgIpc) is 2.57. The van der Waals surface area contributed by atoms with Crippen molar-refractivity contribution in [2.75, 3.05) is 0 Å². The molecule has 0 saturated carbocycles. The van der Waals surface area contributed by atoms with E-state index < -0.39 is 0 Å². The van der Waals surface area contributed by atoms with Crippen LogP contribution in [0.25, 0.3) is 0 Å². The van der Waals surface area contributed by atoms with Crippen LogP contribution in [0.15, 0.2) is 88.3 Å². The summed E-state index contributed by atoms with van der Waals surface area (Å²) in [7, 11) is 0. The molecule has 0 unspecified atom stereocenters. The van der Waals surface area contributed by atoms with Gasteiger partial charge in [0, 0.05) is 10.7 Å². The van der Waals surface area contributed by atoms with Gasteiger partial charge in [0.1, 0.15) is 11.5 Å². The first-order chi connectivity index (χ1) is 10.8. The second kappa shape index (κ2) is 7.05. The van der Waals surface area contributed by atoms with Gasteiger partial charge in [0.25, 0.3) is 0 Å². The molecule has 0 fully saturated rings. The molecule has 22 heavy (non-hydrogen) atoms. The number of halogens is 1. The van der Waals surface area contributed by atoms with E-state index in [4.69, 9.17) is 4.74 Å². The molecule has 0 aromatic heterocycles. The van der Waals surface area contributed by atoms with Gasteiger partial charge in [-0.05, 0) is 54.1 Å². The Hall–Kier alpha value is -2.39. The normalized spacial score (nSPS) is 10.8. The molecule has 0 N–H and O–H groups in total. The molecule has 0 amide bonds. The third-order valence-electron chi connectivity index (χ3n) is 3.05. The minimum absolute atomic E-state index is 0.793. The van der Waals surface area contributed by atoms with Crippen molar-refractivity contribution in [1.82, 2.24) is 0 Å². The number of hydrogen-bond donors (Lipinski definition) is 0. The highest BCUT2D eigenvalue weighted by atomic mass is 79.9. The van der Waals surface area contributed by atoms with Gasteiger partial charge in [-0.25, -0.2) is 0 Å². The number of ether oxygens (including phenoxy) is 1. The Labute approximate surface area is 138 Å². The third-order valence-corrected chi connectivity index (χ3v) is 3.58. The summed E-state index contributed by atoms with van der Waals surface area (Å²) in [4.78, 5) is 4.45. The van der Waals surface area contributed by atoms with Crippen molar-refractivity contribution in [3.63, 3.8) is 0 Å². The smallest absolute Gasteiger partial charge is 0.127 e. The Morgan fingerprint density at radius 2 is 1.32 bits per heavy atom. The van der Waals surface area contributed by atoms with Crippen LogP contribution in [0.1, 0.15) is 5.56 Å².